The molecule has 1 rings (SSSR count). The van der Waals surface area contributed by atoms with Crippen LogP contribution in [0.25, 0.3) is 0 Å². The molecule has 0 saturated carbocycles. The number of hydrogen-bond donors (Lipinski definition) is 2. The van der Waals surface area contributed by atoms with Crippen molar-refractivity contribution < 1.29 is 4.79 Å². The van der Waals surface area contributed by atoms with Crippen molar-refractivity contribution in [2.75, 3.05) is 23.1 Å². The Balaban J connectivity index is 2.60. The molecule has 0 bridgehead atoms. The van der Waals surface area contributed by atoms with Gasteiger partial charge < -0.3 is 10.6 Å². The van der Waals surface area contributed by atoms with Crippen LogP contribution in [-0.2, 0) is 4.79 Å². The van der Waals surface area contributed by atoms with Gasteiger partial charge in [0.05, 0.1) is 0 Å². The van der Waals surface area contributed by atoms with Crippen LogP contribution in [0.4, 0.5) is 11.4 Å². The number of benzene rings is 1. The number of anilines is 2. The van der Waals surface area contributed by atoms with Crippen LogP contribution in [0.5, 0.6) is 0 Å². The van der Waals surface area contributed by atoms with Gasteiger partial charge in [0.1, 0.15) is 0 Å². The first-order chi connectivity index (χ1) is 7.26. The van der Waals surface area contributed by atoms with Crippen molar-refractivity contribution in [2.24, 2.45) is 0 Å². The summed E-state index contributed by atoms with van der Waals surface area (Å²) >= 11 is 5.47. The van der Waals surface area contributed by atoms with E-state index in [1.54, 1.807) is 0 Å². The Labute approximate surface area is 94.8 Å². The molecular weight excluding hydrogens is 212 g/mol. The second-order valence-electron chi connectivity index (χ2n) is 3.10. The summed E-state index contributed by atoms with van der Waals surface area (Å²) in [5, 5.41) is 5.95. The third kappa shape index (κ3) is 4.21. The van der Waals surface area contributed by atoms with Gasteiger partial charge in [0.15, 0.2) is 0 Å². The normalized spacial score (nSPS) is 9.73. The minimum atomic E-state index is -0.0568. The molecule has 0 aliphatic rings. The number of amides is 1. The van der Waals surface area contributed by atoms with E-state index in [1.165, 1.54) is 0 Å². The summed E-state index contributed by atoms with van der Waals surface area (Å²) < 4.78 is 0. The molecule has 0 aliphatic heterocycles. The van der Waals surface area contributed by atoms with Gasteiger partial charge in [-0.2, -0.15) is 0 Å². The van der Waals surface area contributed by atoms with Crippen LogP contribution >= 0.6 is 11.6 Å². The van der Waals surface area contributed by atoms with Gasteiger partial charge in [0, 0.05) is 30.2 Å². The van der Waals surface area contributed by atoms with E-state index < -0.39 is 0 Å². The van der Waals surface area contributed by atoms with Gasteiger partial charge in [-0.1, -0.05) is 6.07 Å². The predicted molar refractivity (Wildman–Crippen MR) is 64.6 cm³/mol. The largest absolute Gasteiger partial charge is 0.385 e. The van der Waals surface area contributed by atoms with Crippen molar-refractivity contribution >= 4 is 28.9 Å². The van der Waals surface area contributed by atoms with Crippen LogP contribution in [0, 0.1) is 0 Å². The summed E-state index contributed by atoms with van der Waals surface area (Å²) in [5.74, 6) is 0.289. The highest BCUT2D eigenvalue weighted by atomic mass is 35.5. The van der Waals surface area contributed by atoms with E-state index in [-0.39, 0.29) is 5.91 Å². The molecule has 4 heteroatoms. The molecule has 0 aliphatic carbocycles. The molecule has 15 heavy (non-hydrogen) atoms. The number of halogens is 1. The van der Waals surface area contributed by atoms with E-state index in [0.717, 1.165) is 17.9 Å². The fourth-order valence-electron chi connectivity index (χ4n) is 1.22. The molecule has 2 N–H and O–H groups in total. The Kier molecular flexibility index (Phi) is 4.98. The highest BCUT2D eigenvalue weighted by molar-refractivity contribution is 6.19. The van der Waals surface area contributed by atoms with Crippen molar-refractivity contribution in [1.29, 1.82) is 0 Å². The maximum Gasteiger partial charge on any atom is 0.225 e. The summed E-state index contributed by atoms with van der Waals surface area (Å²) in [5.41, 5.74) is 1.80. The highest BCUT2D eigenvalue weighted by Crippen LogP contribution is 2.14. The zero-order chi connectivity index (χ0) is 11.1. The van der Waals surface area contributed by atoms with Gasteiger partial charge in [-0.3, -0.25) is 4.79 Å². The zero-order valence-corrected chi connectivity index (χ0v) is 9.47. The lowest BCUT2D eigenvalue weighted by molar-refractivity contribution is -0.115. The number of nitrogens with one attached hydrogen (secondary N) is 2. The number of rotatable bonds is 5. The number of carbonyl (C=O) groups excluding carboxylic acids is 1. The molecule has 82 valence electrons. The fraction of sp³-hybridized carbons (Fsp3) is 0.364. The molecule has 1 aromatic carbocycles. The van der Waals surface area contributed by atoms with Gasteiger partial charge in [-0.05, 0) is 25.1 Å². The monoisotopic (exact) mass is 226 g/mol. The quantitative estimate of drug-likeness (QED) is 0.758. The van der Waals surface area contributed by atoms with E-state index in [9.17, 15) is 4.79 Å². The summed E-state index contributed by atoms with van der Waals surface area (Å²) in [6.45, 7) is 2.89. The second kappa shape index (κ2) is 6.30. The van der Waals surface area contributed by atoms with E-state index >= 15 is 0 Å². The smallest absolute Gasteiger partial charge is 0.225 e. The van der Waals surface area contributed by atoms with Crippen LogP contribution in [0.3, 0.4) is 0 Å². The molecule has 0 aromatic heterocycles. The third-order valence-corrected chi connectivity index (χ3v) is 2.04. The van der Waals surface area contributed by atoms with Crippen LogP contribution < -0.4 is 10.6 Å². The fourth-order valence-corrected chi connectivity index (χ4v) is 1.39. The Hall–Kier alpha value is -1.22. The second-order valence-corrected chi connectivity index (χ2v) is 3.48. The van der Waals surface area contributed by atoms with Gasteiger partial charge in [0.2, 0.25) is 5.91 Å². The SMILES string of the molecule is CCNc1cccc(NC(=O)CCCl)c1. The first-order valence-electron chi connectivity index (χ1n) is 4.96. The standard InChI is InChI=1S/C11H15ClN2O/c1-2-13-9-4-3-5-10(8-9)14-11(15)6-7-12/h3-5,8,13H,2,6-7H2,1H3,(H,14,15). The molecule has 0 unspecified atom stereocenters. The Bertz CT molecular complexity index is 328. The molecule has 0 radical (unpaired) electrons. The Morgan fingerprint density at radius 1 is 1.40 bits per heavy atom. The van der Waals surface area contributed by atoms with Crippen LogP contribution in [-0.4, -0.2) is 18.3 Å². The van der Waals surface area contributed by atoms with Crippen molar-refractivity contribution in [3.63, 3.8) is 0 Å². The molecule has 0 heterocycles. The minimum Gasteiger partial charge on any atom is -0.385 e. The molecular formula is C11H15ClN2O. The first kappa shape index (κ1) is 11.9. The van der Waals surface area contributed by atoms with Crippen molar-refractivity contribution in [3.05, 3.63) is 24.3 Å². The molecule has 0 saturated heterocycles. The summed E-state index contributed by atoms with van der Waals surface area (Å²) in [6.07, 6.45) is 0.340. The summed E-state index contributed by atoms with van der Waals surface area (Å²) in [6, 6.07) is 7.61. The summed E-state index contributed by atoms with van der Waals surface area (Å²) in [7, 11) is 0. The molecule has 3 nitrogen and oxygen atoms in total. The van der Waals surface area contributed by atoms with Gasteiger partial charge in [-0.25, -0.2) is 0 Å². The van der Waals surface area contributed by atoms with E-state index in [1.807, 2.05) is 31.2 Å². The van der Waals surface area contributed by atoms with Crippen LogP contribution in [0.1, 0.15) is 13.3 Å². The Morgan fingerprint density at radius 2 is 2.13 bits per heavy atom. The van der Waals surface area contributed by atoms with Gasteiger partial charge >= 0.3 is 0 Å². The lowest BCUT2D eigenvalue weighted by Crippen LogP contribution is -2.11. The third-order valence-electron chi connectivity index (χ3n) is 1.85. The van der Waals surface area contributed by atoms with Gasteiger partial charge in [0.25, 0.3) is 0 Å². The average Bonchev–Trinajstić information content (AvgIpc) is 2.19. The molecule has 0 fully saturated rings. The molecule has 1 amide bonds. The zero-order valence-electron chi connectivity index (χ0n) is 8.72. The van der Waals surface area contributed by atoms with E-state index in [2.05, 4.69) is 10.6 Å². The molecule has 0 atom stereocenters. The minimum absolute atomic E-state index is 0.0568. The topological polar surface area (TPSA) is 41.1 Å². The molecule has 0 spiro atoms. The number of hydrogen-bond acceptors (Lipinski definition) is 2. The first-order valence-corrected chi connectivity index (χ1v) is 5.49. The Morgan fingerprint density at radius 3 is 2.80 bits per heavy atom. The molecule has 1 aromatic rings. The van der Waals surface area contributed by atoms with Gasteiger partial charge in [-0.15, -0.1) is 11.6 Å². The van der Waals surface area contributed by atoms with E-state index in [0.29, 0.717) is 12.3 Å². The lowest BCUT2D eigenvalue weighted by Gasteiger charge is -2.07. The van der Waals surface area contributed by atoms with Crippen LogP contribution in [0.15, 0.2) is 24.3 Å². The van der Waals surface area contributed by atoms with Crippen LogP contribution in [0.2, 0.25) is 0 Å². The van der Waals surface area contributed by atoms with E-state index in [4.69, 9.17) is 11.6 Å². The maximum atomic E-state index is 11.3. The van der Waals surface area contributed by atoms with Crippen molar-refractivity contribution in [2.45, 2.75) is 13.3 Å². The number of alkyl halides is 1. The van der Waals surface area contributed by atoms with Crippen molar-refractivity contribution in [3.8, 4) is 0 Å². The number of carbonyl (C=O) groups is 1. The maximum absolute atomic E-state index is 11.3. The average molecular weight is 227 g/mol. The lowest BCUT2D eigenvalue weighted by atomic mass is 10.2. The summed E-state index contributed by atoms with van der Waals surface area (Å²) in [4.78, 5) is 11.3. The van der Waals surface area contributed by atoms with Crippen molar-refractivity contribution in [1.82, 2.24) is 0 Å². The predicted octanol–water partition coefficient (Wildman–Crippen LogP) is 2.69. The highest BCUT2D eigenvalue weighted by Gasteiger charge is 2.01.